The maximum atomic E-state index is 3.28. The predicted octanol–water partition coefficient (Wildman–Crippen LogP) is 3.15. The Kier molecular flexibility index (Phi) is 5.54. The van der Waals surface area contributed by atoms with Crippen molar-refractivity contribution in [2.45, 2.75) is 30.2 Å². The molecule has 18 heavy (non-hydrogen) atoms. The Morgan fingerprint density at radius 3 is 2.44 bits per heavy atom. The van der Waals surface area contributed by atoms with Crippen LogP contribution in [0.4, 0.5) is 0 Å². The van der Waals surface area contributed by atoms with Crippen molar-refractivity contribution in [1.29, 1.82) is 0 Å². The molecule has 1 aromatic rings. The van der Waals surface area contributed by atoms with E-state index >= 15 is 0 Å². The molecule has 1 unspecified atom stereocenters. The van der Waals surface area contributed by atoms with Crippen LogP contribution in [0, 0.1) is 0 Å². The lowest BCUT2D eigenvalue weighted by molar-refractivity contribution is 0.233. The molecule has 0 amide bonds. The van der Waals surface area contributed by atoms with Gasteiger partial charge in [-0.1, -0.05) is 12.1 Å². The number of thioether (sulfide) groups is 1. The SMILES string of the molecule is CNCCC(c1ccc(SC)cc1)N1CCCC1. The predicted molar refractivity (Wildman–Crippen MR) is 80.3 cm³/mol. The van der Waals surface area contributed by atoms with Gasteiger partial charge in [0.15, 0.2) is 0 Å². The van der Waals surface area contributed by atoms with Crippen molar-refractivity contribution in [3.05, 3.63) is 29.8 Å². The van der Waals surface area contributed by atoms with Gasteiger partial charge in [0.2, 0.25) is 0 Å². The van der Waals surface area contributed by atoms with E-state index in [-0.39, 0.29) is 0 Å². The smallest absolute Gasteiger partial charge is 0.0360 e. The number of benzene rings is 1. The summed E-state index contributed by atoms with van der Waals surface area (Å²) in [4.78, 5) is 4.00. The Morgan fingerprint density at radius 1 is 1.22 bits per heavy atom. The first-order valence-corrected chi connectivity index (χ1v) is 8.10. The van der Waals surface area contributed by atoms with Gasteiger partial charge in [-0.05, 0) is 69.9 Å². The Hall–Kier alpha value is -0.510. The highest BCUT2D eigenvalue weighted by atomic mass is 32.2. The Morgan fingerprint density at radius 2 is 1.89 bits per heavy atom. The van der Waals surface area contributed by atoms with Crippen LogP contribution >= 0.6 is 11.8 Å². The molecule has 1 aliphatic rings. The van der Waals surface area contributed by atoms with Gasteiger partial charge in [0.25, 0.3) is 0 Å². The van der Waals surface area contributed by atoms with Crippen molar-refractivity contribution in [3.8, 4) is 0 Å². The minimum Gasteiger partial charge on any atom is -0.320 e. The van der Waals surface area contributed by atoms with Crippen molar-refractivity contribution < 1.29 is 0 Å². The zero-order chi connectivity index (χ0) is 12.8. The van der Waals surface area contributed by atoms with E-state index in [2.05, 4.69) is 40.7 Å². The Labute approximate surface area is 115 Å². The van der Waals surface area contributed by atoms with Crippen LogP contribution in [0.15, 0.2) is 29.2 Å². The van der Waals surface area contributed by atoms with Gasteiger partial charge in [-0.2, -0.15) is 0 Å². The Balaban J connectivity index is 2.10. The molecule has 0 bridgehead atoms. The van der Waals surface area contributed by atoms with Crippen LogP contribution in [0.25, 0.3) is 0 Å². The summed E-state index contributed by atoms with van der Waals surface area (Å²) in [5, 5.41) is 3.28. The van der Waals surface area contributed by atoms with Gasteiger partial charge in [-0.25, -0.2) is 0 Å². The van der Waals surface area contributed by atoms with E-state index in [4.69, 9.17) is 0 Å². The van der Waals surface area contributed by atoms with E-state index in [1.165, 1.54) is 42.8 Å². The molecule has 0 spiro atoms. The van der Waals surface area contributed by atoms with Gasteiger partial charge in [0.05, 0.1) is 0 Å². The molecule has 100 valence electrons. The zero-order valence-electron chi connectivity index (χ0n) is 11.5. The molecule has 0 radical (unpaired) electrons. The minimum atomic E-state index is 0.593. The molecule has 0 aliphatic carbocycles. The third-order valence-electron chi connectivity index (χ3n) is 3.75. The minimum absolute atomic E-state index is 0.593. The first kappa shape index (κ1) is 13.9. The van der Waals surface area contributed by atoms with E-state index in [1.54, 1.807) is 0 Å². The summed E-state index contributed by atoms with van der Waals surface area (Å²) in [6.45, 7) is 3.61. The molecule has 1 atom stereocenters. The summed E-state index contributed by atoms with van der Waals surface area (Å²) in [6, 6.07) is 9.72. The molecule has 1 aliphatic heterocycles. The second-order valence-electron chi connectivity index (χ2n) is 4.92. The lowest BCUT2D eigenvalue weighted by Crippen LogP contribution is -2.28. The monoisotopic (exact) mass is 264 g/mol. The van der Waals surface area contributed by atoms with Crippen LogP contribution in [-0.2, 0) is 0 Å². The van der Waals surface area contributed by atoms with E-state index in [1.807, 2.05) is 18.8 Å². The van der Waals surface area contributed by atoms with Crippen molar-refractivity contribution >= 4 is 11.8 Å². The quantitative estimate of drug-likeness (QED) is 0.795. The fourth-order valence-corrected chi connectivity index (χ4v) is 3.13. The fraction of sp³-hybridized carbons (Fsp3) is 0.600. The second-order valence-corrected chi connectivity index (χ2v) is 5.80. The topological polar surface area (TPSA) is 15.3 Å². The summed E-state index contributed by atoms with van der Waals surface area (Å²) in [6.07, 6.45) is 6.06. The molecular weight excluding hydrogens is 240 g/mol. The van der Waals surface area contributed by atoms with E-state index in [0.29, 0.717) is 6.04 Å². The molecule has 1 aromatic carbocycles. The first-order chi connectivity index (χ1) is 8.85. The highest BCUT2D eigenvalue weighted by Crippen LogP contribution is 2.29. The van der Waals surface area contributed by atoms with Gasteiger partial charge < -0.3 is 5.32 Å². The summed E-state index contributed by atoms with van der Waals surface area (Å²) < 4.78 is 0. The zero-order valence-corrected chi connectivity index (χ0v) is 12.3. The van der Waals surface area contributed by atoms with Gasteiger partial charge in [0, 0.05) is 10.9 Å². The summed E-state index contributed by atoms with van der Waals surface area (Å²) in [5.41, 5.74) is 1.48. The molecule has 3 heteroatoms. The number of hydrogen-bond donors (Lipinski definition) is 1. The second kappa shape index (κ2) is 7.17. The van der Waals surface area contributed by atoms with Crippen molar-refractivity contribution in [1.82, 2.24) is 10.2 Å². The molecule has 0 aromatic heterocycles. The van der Waals surface area contributed by atoms with Gasteiger partial charge >= 0.3 is 0 Å². The number of nitrogens with one attached hydrogen (secondary N) is 1. The highest BCUT2D eigenvalue weighted by molar-refractivity contribution is 7.98. The average Bonchev–Trinajstić information content (AvgIpc) is 2.94. The standard InChI is InChI=1S/C15H24N2S/c1-16-10-9-15(17-11-3-4-12-17)13-5-7-14(18-2)8-6-13/h5-8,15-16H,3-4,9-12H2,1-2H3. The largest absolute Gasteiger partial charge is 0.320 e. The molecule has 1 fully saturated rings. The van der Waals surface area contributed by atoms with Crippen LogP contribution in [0.2, 0.25) is 0 Å². The van der Waals surface area contributed by atoms with Gasteiger partial charge in [0.1, 0.15) is 0 Å². The molecule has 1 saturated heterocycles. The van der Waals surface area contributed by atoms with Crippen molar-refractivity contribution in [3.63, 3.8) is 0 Å². The maximum absolute atomic E-state index is 3.28. The third kappa shape index (κ3) is 3.50. The normalized spacial score (nSPS) is 18.1. The fourth-order valence-electron chi connectivity index (χ4n) is 2.72. The molecule has 0 saturated carbocycles. The number of likely N-dealkylation sites (tertiary alicyclic amines) is 1. The van der Waals surface area contributed by atoms with Crippen LogP contribution in [-0.4, -0.2) is 37.8 Å². The van der Waals surface area contributed by atoms with E-state index < -0.39 is 0 Å². The summed E-state index contributed by atoms with van der Waals surface area (Å²) in [7, 11) is 2.04. The van der Waals surface area contributed by atoms with Crippen LogP contribution in [0.3, 0.4) is 0 Å². The molecule has 2 rings (SSSR count). The average molecular weight is 264 g/mol. The molecule has 1 N–H and O–H groups in total. The third-order valence-corrected chi connectivity index (χ3v) is 4.49. The lowest BCUT2D eigenvalue weighted by atomic mass is 10.0. The van der Waals surface area contributed by atoms with E-state index in [9.17, 15) is 0 Å². The van der Waals surface area contributed by atoms with Crippen LogP contribution in [0.1, 0.15) is 30.9 Å². The lowest BCUT2D eigenvalue weighted by Gasteiger charge is -2.28. The van der Waals surface area contributed by atoms with Crippen LogP contribution < -0.4 is 5.32 Å². The van der Waals surface area contributed by atoms with Crippen molar-refractivity contribution in [2.75, 3.05) is 32.9 Å². The summed E-state index contributed by atoms with van der Waals surface area (Å²) in [5.74, 6) is 0. The number of rotatable bonds is 6. The van der Waals surface area contributed by atoms with Gasteiger partial charge in [-0.3, -0.25) is 4.90 Å². The van der Waals surface area contributed by atoms with Gasteiger partial charge in [-0.15, -0.1) is 11.8 Å². The maximum Gasteiger partial charge on any atom is 0.0360 e. The van der Waals surface area contributed by atoms with E-state index in [0.717, 1.165) is 6.54 Å². The highest BCUT2D eigenvalue weighted by Gasteiger charge is 2.22. The Bertz CT molecular complexity index is 344. The number of hydrogen-bond acceptors (Lipinski definition) is 3. The van der Waals surface area contributed by atoms with Crippen LogP contribution in [0.5, 0.6) is 0 Å². The van der Waals surface area contributed by atoms with Crippen molar-refractivity contribution in [2.24, 2.45) is 0 Å². The molecular formula is C15H24N2S. The number of nitrogens with zero attached hydrogens (tertiary/aromatic N) is 1. The molecule has 2 nitrogen and oxygen atoms in total. The summed E-state index contributed by atoms with van der Waals surface area (Å²) >= 11 is 1.81. The molecule has 1 heterocycles. The first-order valence-electron chi connectivity index (χ1n) is 6.87.